The van der Waals surface area contributed by atoms with Gasteiger partial charge >= 0.3 is 0 Å². The van der Waals surface area contributed by atoms with Crippen LogP contribution in [0.4, 0.5) is 0 Å². The van der Waals surface area contributed by atoms with Gasteiger partial charge in [0.05, 0.1) is 5.69 Å². The van der Waals surface area contributed by atoms with E-state index in [9.17, 15) is 0 Å². The molecule has 0 atom stereocenters. The van der Waals surface area contributed by atoms with Crippen LogP contribution in [0.3, 0.4) is 0 Å². The first-order valence-corrected chi connectivity index (χ1v) is 6.29. The van der Waals surface area contributed by atoms with Gasteiger partial charge in [0, 0.05) is 13.0 Å². The summed E-state index contributed by atoms with van der Waals surface area (Å²) >= 11 is 1.30. The van der Waals surface area contributed by atoms with Crippen LogP contribution in [0.5, 0.6) is 0 Å². The van der Waals surface area contributed by atoms with E-state index in [2.05, 4.69) is 38.9 Å². The lowest BCUT2D eigenvalue weighted by atomic mass is 10.1. The quantitative estimate of drug-likeness (QED) is 0.869. The maximum atomic E-state index is 5.59. The summed E-state index contributed by atoms with van der Waals surface area (Å²) in [4.78, 5) is 0.878. The van der Waals surface area contributed by atoms with Gasteiger partial charge < -0.3 is 9.73 Å². The Balaban J connectivity index is 2.21. The van der Waals surface area contributed by atoms with E-state index in [0.717, 1.165) is 23.5 Å². The molecule has 0 aliphatic heterocycles. The highest BCUT2D eigenvalue weighted by Gasteiger charge is 2.18. The molecule has 0 saturated carbocycles. The molecule has 0 fully saturated rings. The van der Waals surface area contributed by atoms with Crippen LogP contribution in [-0.2, 0) is 6.42 Å². The molecule has 0 bridgehead atoms. The molecule has 92 valence electrons. The van der Waals surface area contributed by atoms with Crippen LogP contribution >= 0.6 is 11.5 Å². The van der Waals surface area contributed by atoms with Gasteiger partial charge in [-0.3, -0.25) is 0 Å². The zero-order valence-corrected chi connectivity index (χ0v) is 10.9. The molecule has 0 saturated heterocycles. The van der Waals surface area contributed by atoms with Crippen LogP contribution in [0.2, 0.25) is 0 Å². The van der Waals surface area contributed by atoms with Crippen molar-refractivity contribution < 1.29 is 4.42 Å². The Morgan fingerprint density at radius 3 is 2.82 bits per heavy atom. The molecule has 7 heteroatoms. The van der Waals surface area contributed by atoms with Gasteiger partial charge in [0.1, 0.15) is 4.88 Å². The third-order valence-electron chi connectivity index (χ3n) is 2.31. The maximum Gasteiger partial charge on any atom is 0.261 e. The lowest BCUT2D eigenvalue weighted by Gasteiger charge is -1.99. The summed E-state index contributed by atoms with van der Waals surface area (Å²) in [6, 6.07) is 0. The van der Waals surface area contributed by atoms with Gasteiger partial charge in [-0.05, 0) is 24.5 Å². The molecule has 0 aliphatic rings. The number of aromatic nitrogens is 4. The molecule has 0 radical (unpaired) electrons. The number of nitrogens with zero attached hydrogens (tertiary/aromatic N) is 4. The predicted molar refractivity (Wildman–Crippen MR) is 64.9 cm³/mol. The second-order valence-electron chi connectivity index (χ2n) is 4.00. The van der Waals surface area contributed by atoms with Crippen LogP contribution in [0, 0.1) is 0 Å². The van der Waals surface area contributed by atoms with Gasteiger partial charge in [0.15, 0.2) is 0 Å². The first kappa shape index (κ1) is 12.1. The molecule has 2 rings (SSSR count). The molecule has 0 aromatic carbocycles. The van der Waals surface area contributed by atoms with Gasteiger partial charge in [0.2, 0.25) is 5.89 Å². The number of rotatable bonds is 5. The van der Waals surface area contributed by atoms with Gasteiger partial charge in [-0.1, -0.05) is 18.3 Å². The molecular weight excluding hydrogens is 238 g/mol. The Bertz CT molecular complexity index is 479. The standard InChI is InChI=1S/C10H15N5OS/c1-6(2)8-9(17-15-13-8)10-14-12-7(16-10)4-5-11-3/h6,11H,4-5H2,1-3H3. The summed E-state index contributed by atoms with van der Waals surface area (Å²) in [6.45, 7) is 4.96. The van der Waals surface area contributed by atoms with E-state index in [1.807, 2.05) is 7.05 Å². The normalized spacial score (nSPS) is 11.3. The highest BCUT2D eigenvalue weighted by Crippen LogP contribution is 2.29. The van der Waals surface area contributed by atoms with E-state index in [4.69, 9.17) is 4.42 Å². The zero-order valence-electron chi connectivity index (χ0n) is 10.1. The third kappa shape index (κ3) is 2.67. The Morgan fingerprint density at radius 1 is 1.29 bits per heavy atom. The molecule has 0 spiro atoms. The molecule has 0 unspecified atom stereocenters. The summed E-state index contributed by atoms with van der Waals surface area (Å²) in [6.07, 6.45) is 0.729. The van der Waals surface area contributed by atoms with Gasteiger partial charge in [-0.2, -0.15) is 0 Å². The first-order valence-electron chi connectivity index (χ1n) is 5.52. The number of hydrogen-bond acceptors (Lipinski definition) is 7. The zero-order chi connectivity index (χ0) is 12.3. The lowest BCUT2D eigenvalue weighted by molar-refractivity contribution is 0.500. The Labute approximate surface area is 104 Å². The first-order chi connectivity index (χ1) is 8.22. The summed E-state index contributed by atoms with van der Waals surface area (Å²) < 4.78 is 9.53. The number of hydrogen-bond donors (Lipinski definition) is 1. The van der Waals surface area contributed by atoms with Crippen molar-refractivity contribution >= 4 is 11.5 Å². The van der Waals surface area contributed by atoms with E-state index in [-0.39, 0.29) is 0 Å². The van der Waals surface area contributed by atoms with Crippen molar-refractivity contribution in [3.8, 4) is 10.8 Å². The van der Waals surface area contributed by atoms with Gasteiger partial charge in [0.25, 0.3) is 5.89 Å². The van der Waals surface area contributed by atoms with E-state index < -0.39 is 0 Å². The highest BCUT2D eigenvalue weighted by atomic mass is 32.1. The molecule has 2 aromatic heterocycles. The van der Waals surface area contributed by atoms with Crippen LogP contribution in [0.15, 0.2) is 4.42 Å². The highest BCUT2D eigenvalue weighted by molar-refractivity contribution is 7.09. The molecule has 1 N–H and O–H groups in total. The fraction of sp³-hybridized carbons (Fsp3) is 0.600. The fourth-order valence-electron chi connectivity index (χ4n) is 1.40. The molecule has 17 heavy (non-hydrogen) atoms. The van der Waals surface area contributed by atoms with Crippen molar-refractivity contribution in [2.75, 3.05) is 13.6 Å². The molecule has 0 amide bonds. The summed E-state index contributed by atoms with van der Waals surface area (Å²) in [7, 11) is 1.89. The largest absolute Gasteiger partial charge is 0.420 e. The van der Waals surface area contributed by atoms with E-state index in [1.54, 1.807) is 0 Å². The lowest BCUT2D eigenvalue weighted by Crippen LogP contribution is -2.10. The van der Waals surface area contributed by atoms with Crippen LogP contribution < -0.4 is 5.32 Å². The Kier molecular flexibility index (Phi) is 3.80. The van der Waals surface area contributed by atoms with Gasteiger partial charge in [-0.15, -0.1) is 15.3 Å². The average Bonchev–Trinajstić information content (AvgIpc) is 2.94. The maximum absolute atomic E-state index is 5.59. The summed E-state index contributed by atoms with van der Waals surface area (Å²) in [5.74, 6) is 1.46. The van der Waals surface area contributed by atoms with Crippen LogP contribution in [0.25, 0.3) is 10.8 Å². The van der Waals surface area contributed by atoms with Crippen molar-refractivity contribution in [3.05, 3.63) is 11.6 Å². The van der Waals surface area contributed by atoms with Crippen molar-refractivity contribution in [3.63, 3.8) is 0 Å². The molecule has 6 nitrogen and oxygen atoms in total. The van der Waals surface area contributed by atoms with Crippen LogP contribution in [-0.4, -0.2) is 33.4 Å². The van der Waals surface area contributed by atoms with Crippen molar-refractivity contribution in [1.29, 1.82) is 0 Å². The molecular formula is C10H15N5OS. The second kappa shape index (κ2) is 5.33. The number of nitrogens with one attached hydrogen (secondary N) is 1. The Morgan fingerprint density at radius 2 is 2.12 bits per heavy atom. The summed E-state index contributed by atoms with van der Waals surface area (Å²) in [5, 5.41) is 15.2. The predicted octanol–water partition coefficient (Wildman–Crippen LogP) is 1.47. The minimum Gasteiger partial charge on any atom is -0.420 e. The minimum atomic E-state index is 0.302. The second-order valence-corrected chi connectivity index (χ2v) is 4.75. The van der Waals surface area contributed by atoms with Crippen molar-refractivity contribution in [1.82, 2.24) is 25.1 Å². The molecule has 0 aliphatic carbocycles. The fourth-order valence-corrected chi connectivity index (χ4v) is 2.14. The van der Waals surface area contributed by atoms with Crippen LogP contribution in [0.1, 0.15) is 31.4 Å². The Hall–Kier alpha value is -1.34. The summed E-state index contributed by atoms with van der Waals surface area (Å²) in [5.41, 5.74) is 0.916. The molecule has 2 aromatic rings. The minimum absolute atomic E-state index is 0.302. The monoisotopic (exact) mass is 253 g/mol. The van der Waals surface area contributed by atoms with Crippen molar-refractivity contribution in [2.24, 2.45) is 0 Å². The van der Waals surface area contributed by atoms with Gasteiger partial charge in [-0.25, -0.2) is 0 Å². The topological polar surface area (TPSA) is 76.7 Å². The number of likely N-dealkylation sites (N-methyl/N-ethyl adjacent to an activating group) is 1. The molecule has 2 heterocycles. The smallest absolute Gasteiger partial charge is 0.261 e. The van der Waals surface area contributed by atoms with E-state index >= 15 is 0 Å². The third-order valence-corrected chi connectivity index (χ3v) is 3.04. The van der Waals surface area contributed by atoms with Crippen molar-refractivity contribution in [2.45, 2.75) is 26.2 Å². The van der Waals surface area contributed by atoms with E-state index in [0.29, 0.717) is 17.7 Å². The average molecular weight is 253 g/mol. The SMILES string of the molecule is CNCCc1nnc(-c2snnc2C(C)C)o1. The van der Waals surface area contributed by atoms with E-state index in [1.165, 1.54) is 11.5 Å².